The number of ether oxygens (including phenoxy) is 3. The van der Waals surface area contributed by atoms with E-state index in [0.717, 1.165) is 6.29 Å². The van der Waals surface area contributed by atoms with Crippen molar-refractivity contribution in [1.82, 2.24) is 0 Å². The van der Waals surface area contributed by atoms with E-state index in [1.807, 2.05) is 0 Å². The number of hydrogen-bond acceptors (Lipinski definition) is 6. The number of hydrogen-bond donors (Lipinski definition) is 0. The maximum atomic E-state index is 9.97. The average molecular weight is 479 g/mol. The zero-order chi connectivity index (χ0) is 24.8. The van der Waals surface area contributed by atoms with Crippen molar-refractivity contribution < 1.29 is 27.9 Å². The van der Waals surface area contributed by atoms with Crippen LogP contribution in [0, 0.1) is 0 Å². The molecule has 0 saturated heterocycles. The molecule has 0 aromatic rings. The quantitative estimate of drug-likeness (QED) is 0.143. The zero-order valence-electron chi connectivity index (χ0n) is 22.1. The molecule has 0 aliphatic carbocycles. The zero-order valence-corrected chi connectivity index (χ0v) is 24.1. The fraction of sp³-hybridized carbons (Fsp3) is 0.870. The number of aldehydes is 1. The van der Waals surface area contributed by atoms with Crippen molar-refractivity contribution in [3.05, 3.63) is 12.7 Å². The lowest BCUT2D eigenvalue weighted by molar-refractivity contribution is -0.112. The van der Waals surface area contributed by atoms with Gasteiger partial charge in [0.25, 0.3) is 0 Å². The van der Waals surface area contributed by atoms with Gasteiger partial charge in [-0.1, -0.05) is 47.6 Å². The topological polar surface area (TPSA) is 63.2 Å². The van der Waals surface area contributed by atoms with Gasteiger partial charge in [0.05, 0.1) is 39.1 Å². The molecule has 6 nitrogen and oxygen atoms in total. The van der Waals surface area contributed by atoms with E-state index < -0.39 is 16.6 Å². The largest absolute Gasteiger partial charge is 0.414 e. The van der Waals surface area contributed by atoms with Crippen LogP contribution in [0.5, 0.6) is 0 Å². The molecule has 0 amide bonds. The summed E-state index contributed by atoms with van der Waals surface area (Å²) < 4.78 is 27.5. The monoisotopic (exact) mass is 478 g/mol. The minimum atomic E-state index is -1.63. The molecule has 8 heteroatoms. The first-order chi connectivity index (χ1) is 14.1. The summed E-state index contributed by atoms with van der Waals surface area (Å²) >= 11 is 0. The summed E-state index contributed by atoms with van der Waals surface area (Å²) in [5, 5.41) is 0.487. The first kappa shape index (κ1) is 32.8. The molecular weight excluding hydrogens is 428 g/mol. The first-order valence-electron chi connectivity index (χ1n) is 11.1. The molecule has 186 valence electrons. The normalized spacial score (nSPS) is 13.9. The summed E-state index contributed by atoms with van der Waals surface area (Å²) in [7, 11) is -1.61. The van der Waals surface area contributed by atoms with Crippen LogP contribution in [0.25, 0.3) is 0 Å². The Balaban J connectivity index is 0. The molecule has 0 radical (unpaired) electrons. The Bertz CT molecular complexity index is 481. The van der Waals surface area contributed by atoms with Crippen molar-refractivity contribution in [2.75, 3.05) is 46.8 Å². The summed E-state index contributed by atoms with van der Waals surface area (Å²) in [6, 6.07) is 0. The van der Waals surface area contributed by atoms with E-state index in [1.54, 1.807) is 13.2 Å². The highest BCUT2D eigenvalue weighted by atomic mass is 28.4. The minimum Gasteiger partial charge on any atom is -0.414 e. The van der Waals surface area contributed by atoms with Crippen molar-refractivity contribution in [1.29, 1.82) is 0 Å². The van der Waals surface area contributed by atoms with Crippen LogP contribution in [0.4, 0.5) is 0 Å². The van der Waals surface area contributed by atoms with Crippen LogP contribution in [0.15, 0.2) is 12.7 Å². The van der Waals surface area contributed by atoms with Crippen LogP contribution < -0.4 is 0 Å². The van der Waals surface area contributed by atoms with Crippen molar-refractivity contribution >= 4 is 22.9 Å². The molecule has 0 fully saturated rings. The third kappa shape index (κ3) is 15.2. The van der Waals surface area contributed by atoms with E-state index in [9.17, 15) is 4.79 Å². The molecule has 0 aliphatic heterocycles. The number of methoxy groups -OCH3 is 1. The van der Waals surface area contributed by atoms with Gasteiger partial charge in [0.2, 0.25) is 0 Å². The van der Waals surface area contributed by atoms with Crippen molar-refractivity contribution in [2.45, 2.75) is 83.9 Å². The van der Waals surface area contributed by atoms with Gasteiger partial charge in [-0.3, -0.25) is 0 Å². The van der Waals surface area contributed by atoms with E-state index in [1.165, 1.54) is 0 Å². The Morgan fingerprint density at radius 1 is 0.806 bits per heavy atom. The van der Waals surface area contributed by atoms with Crippen LogP contribution >= 0.6 is 0 Å². The van der Waals surface area contributed by atoms with Gasteiger partial charge >= 0.3 is 0 Å². The molecule has 31 heavy (non-hydrogen) atoms. The van der Waals surface area contributed by atoms with Gasteiger partial charge in [-0.2, -0.15) is 0 Å². The molecule has 0 saturated carbocycles. The van der Waals surface area contributed by atoms with E-state index in [2.05, 4.69) is 74.3 Å². The van der Waals surface area contributed by atoms with Gasteiger partial charge in [0.1, 0.15) is 12.9 Å². The predicted molar refractivity (Wildman–Crippen MR) is 135 cm³/mol. The van der Waals surface area contributed by atoms with Crippen molar-refractivity contribution in [3.8, 4) is 0 Å². The molecule has 1 atom stereocenters. The lowest BCUT2D eigenvalue weighted by Crippen LogP contribution is -2.41. The number of carbonyl (C=O) groups is 1. The van der Waals surface area contributed by atoms with Crippen LogP contribution in [0.2, 0.25) is 36.3 Å². The number of carbonyl (C=O) groups excluding carboxylic acids is 1. The van der Waals surface area contributed by atoms with Crippen molar-refractivity contribution in [3.63, 3.8) is 0 Å². The fourth-order valence-electron chi connectivity index (χ4n) is 1.71. The van der Waals surface area contributed by atoms with E-state index in [4.69, 9.17) is 23.1 Å². The van der Waals surface area contributed by atoms with Gasteiger partial charge in [-0.05, 0) is 36.3 Å². The number of rotatable bonds is 14. The molecule has 0 heterocycles. The average Bonchev–Trinajstić information content (AvgIpc) is 2.63. The maximum absolute atomic E-state index is 9.97. The van der Waals surface area contributed by atoms with Crippen LogP contribution in [-0.2, 0) is 27.9 Å². The second kappa shape index (κ2) is 15.5. The van der Waals surface area contributed by atoms with Gasteiger partial charge in [-0.15, -0.1) is 6.58 Å². The molecule has 0 aliphatic rings. The first-order valence-corrected chi connectivity index (χ1v) is 16.9. The standard InChI is InChI=1S/C13H28O3Si.C10H22O3Si/c1-8-12(14-5)11-15-9-10-16-17(6,7)13(2,3)4;1-10(2,3)14(4,5)13-9-8-12-7-6-11/h8,12H,1,9-11H2,2-7H3;6H,7-9H2,1-5H3. The second-order valence-corrected chi connectivity index (χ2v) is 20.2. The third-order valence-corrected chi connectivity index (χ3v) is 15.1. The highest BCUT2D eigenvalue weighted by Gasteiger charge is 2.37. The summed E-state index contributed by atoms with van der Waals surface area (Å²) in [4.78, 5) is 9.97. The minimum absolute atomic E-state index is 0.0251. The maximum Gasteiger partial charge on any atom is 0.192 e. The lowest BCUT2D eigenvalue weighted by Gasteiger charge is -2.36. The Labute approximate surface area is 194 Å². The predicted octanol–water partition coefficient (Wildman–Crippen LogP) is 5.45. The van der Waals surface area contributed by atoms with Gasteiger partial charge in [-0.25, -0.2) is 0 Å². The van der Waals surface area contributed by atoms with Crippen molar-refractivity contribution in [2.24, 2.45) is 0 Å². The molecule has 0 aromatic carbocycles. The molecule has 0 N–H and O–H groups in total. The van der Waals surface area contributed by atoms with E-state index >= 15 is 0 Å². The molecule has 0 aromatic heterocycles. The van der Waals surface area contributed by atoms with E-state index in [0.29, 0.717) is 33.0 Å². The molecule has 0 spiro atoms. The van der Waals surface area contributed by atoms with Gasteiger partial charge in [0, 0.05) is 7.11 Å². The Kier molecular flexibility index (Phi) is 16.4. The molecule has 0 bridgehead atoms. The summed E-state index contributed by atoms with van der Waals surface area (Å²) in [5.41, 5.74) is 0. The summed E-state index contributed by atoms with van der Waals surface area (Å²) in [6.07, 6.45) is 2.48. The summed E-state index contributed by atoms with van der Waals surface area (Å²) in [6.45, 7) is 28.9. The SMILES string of the molecule is C=CC(COCCO[Si](C)(C)C(C)(C)C)OC.CC(C)(C)[Si](C)(C)OCCOCC=O. The summed E-state index contributed by atoms with van der Waals surface area (Å²) in [5.74, 6) is 0. The Morgan fingerprint density at radius 3 is 1.55 bits per heavy atom. The van der Waals surface area contributed by atoms with Crippen LogP contribution in [-0.4, -0.2) is 75.8 Å². The molecule has 1 unspecified atom stereocenters. The Morgan fingerprint density at radius 2 is 1.23 bits per heavy atom. The lowest BCUT2D eigenvalue weighted by atomic mass is 10.2. The third-order valence-electron chi connectivity index (χ3n) is 6.03. The van der Waals surface area contributed by atoms with E-state index in [-0.39, 0.29) is 22.8 Å². The highest BCUT2D eigenvalue weighted by molar-refractivity contribution is 6.74. The fourth-order valence-corrected chi connectivity index (χ4v) is 3.76. The Hall–Kier alpha value is -0.356. The van der Waals surface area contributed by atoms with Crippen LogP contribution in [0.3, 0.4) is 0 Å². The van der Waals surface area contributed by atoms with Crippen LogP contribution in [0.1, 0.15) is 41.5 Å². The van der Waals surface area contributed by atoms with Gasteiger partial charge in [0.15, 0.2) is 16.6 Å². The molecule has 0 rings (SSSR count). The molecular formula is C23H50O6Si2. The highest BCUT2D eigenvalue weighted by Crippen LogP contribution is 2.37. The second-order valence-electron chi connectivity index (χ2n) is 10.5. The smallest absolute Gasteiger partial charge is 0.192 e. The van der Waals surface area contributed by atoms with Gasteiger partial charge < -0.3 is 27.9 Å².